The first kappa shape index (κ1) is 8.42. The van der Waals surface area contributed by atoms with Gasteiger partial charge in [0.05, 0.1) is 4.92 Å². The molecule has 2 aromatic rings. The summed E-state index contributed by atoms with van der Waals surface area (Å²) in [5, 5.41) is 14.5. The van der Waals surface area contributed by atoms with Gasteiger partial charge >= 0.3 is 5.69 Å². The Labute approximate surface area is 78.3 Å². The minimum atomic E-state index is -0.511. The Morgan fingerprint density at radius 2 is 2.29 bits per heavy atom. The van der Waals surface area contributed by atoms with E-state index < -0.39 is 4.92 Å². The molecular formula is C7H7N5O2. The van der Waals surface area contributed by atoms with Crippen molar-refractivity contribution in [2.45, 2.75) is 6.92 Å². The van der Waals surface area contributed by atoms with Gasteiger partial charge in [0.1, 0.15) is 0 Å². The highest BCUT2D eigenvalue weighted by atomic mass is 16.6. The summed E-state index contributed by atoms with van der Waals surface area (Å²) in [5.41, 5.74) is 6.18. The van der Waals surface area contributed by atoms with Crippen molar-refractivity contribution in [2.24, 2.45) is 0 Å². The monoisotopic (exact) mass is 193 g/mol. The highest BCUT2D eigenvalue weighted by molar-refractivity contribution is 5.61. The molecule has 7 heteroatoms. The van der Waals surface area contributed by atoms with E-state index in [-0.39, 0.29) is 17.3 Å². The van der Waals surface area contributed by atoms with Crippen molar-refractivity contribution >= 4 is 17.3 Å². The van der Waals surface area contributed by atoms with E-state index in [4.69, 9.17) is 5.73 Å². The molecule has 0 atom stereocenters. The summed E-state index contributed by atoms with van der Waals surface area (Å²) in [6, 6.07) is 2.98. The number of nitro groups is 1. The van der Waals surface area contributed by atoms with Gasteiger partial charge in [-0.25, -0.2) is 4.52 Å². The number of anilines is 1. The molecule has 2 N–H and O–H groups in total. The number of aromatic nitrogens is 3. The molecule has 0 aliphatic carbocycles. The van der Waals surface area contributed by atoms with E-state index in [2.05, 4.69) is 10.1 Å². The van der Waals surface area contributed by atoms with Crippen LogP contribution in [-0.2, 0) is 0 Å². The molecule has 0 amide bonds. The van der Waals surface area contributed by atoms with E-state index in [9.17, 15) is 10.1 Å². The van der Waals surface area contributed by atoms with Gasteiger partial charge in [-0.2, -0.15) is 4.98 Å². The lowest BCUT2D eigenvalue weighted by Crippen LogP contribution is -1.98. The number of nitrogen functional groups attached to an aromatic ring is 1. The van der Waals surface area contributed by atoms with Crippen LogP contribution in [0.15, 0.2) is 12.1 Å². The van der Waals surface area contributed by atoms with Crippen molar-refractivity contribution in [3.05, 3.63) is 27.9 Å². The van der Waals surface area contributed by atoms with Crippen LogP contribution >= 0.6 is 0 Å². The molecule has 2 rings (SSSR count). The number of nitrogens with two attached hydrogens (primary N) is 1. The lowest BCUT2D eigenvalue weighted by atomic mass is 10.3. The first-order chi connectivity index (χ1) is 6.59. The third-order valence-electron chi connectivity index (χ3n) is 1.87. The Bertz CT molecular complexity index is 518. The number of nitrogens with zero attached hydrogens (tertiary/aromatic N) is 4. The molecule has 0 aliphatic heterocycles. The van der Waals surface area contributed by atoms with Crippen molar-refractivity contribution < 1.29 is 4.92 Å². The Balaban J connectivity index is 2.87. The van der Waals surface area contributed by atoms with Crippen molar-refractivity contribution in [3.8, 4) is 0 Å². The molecule has 72 valence electrons. The molecule has 0 unspecified atom stereocenters. The molecule has 0 saturated heterocycles. The molecule has 7 nitrogen and oxygen atoms in total. The topological polar surface area (TPSA) is 99.3 Å². The highest BCUT2D eigenvalue weighted by Gasteiger charge is 2.16. The summed E-state index contributed by atoms with van der Waals surface area (Å²) in [4.78, 5) is 13.9. The van der Waals surface area contributed by atoms with Gasteiger partial charge in [0, 0.05) is 11.8 Å². The zero-order valence-corrected chi connectivity index (χ0v) is 7.34. The Kier molecular flexibility index (Phi) is 1.60. The van der Waals surface area contributed by atoms with Gasteiger partial charge in [0.25, 0.3) is 0 Å². The van der Waals surface area contributed by atoms with Gasteiger partial charge in [0.15, 0.2) is 0 Å². The van der Waals surface area contributed by atoms with E-state index in [0.717, 1.165) is 5.69 Å². The fourth-order valence-corrected chi connectivity index (χ4v) is 1.23. The molecular weight excluding hydrogens is 186 g/mol. The average molecular weight is 193 g/mol. The lowest BCUT2D eigenvalue weighted by Gasteiger charge is -1.96. The van der Waals surface area contributed by atoms with E-state index in [1.54, 1.807) is 13.0 Å². The van der Waals surface area contributed by atoms with Crippen molar-refractivity contribution in [1.82, 2.24) is 14.6 Å². The van der Waals surface area contributed by atoms with E-state index in [1.807, 2.05) is 0 Å². The lowest BCUT2D eigenvalue weighted by molar-refractivity contribution is -0.383. The second-order valence-electron chi connectivity index (χ2n) is 2.82. The van der Waals surface area contributed by atoms with Gasteiger partial charge < -0.3 is 5.73 Å². The van der Waals surface area contributed by atoms with Crippen LogP contribution in [0.4, 0.5) is 11.6 Å². The molecule has 2 aromatic heterocycles. The second-order valence-corrected chi connectivity index (χ2v) is 2.82. The SMILES string of the molecule is Cc1ccc([N+](=O)[O-])c2nc(N)nn12. The van der Waals surface area contributed by atoms with Crippen LogP contribution in [0.2, 0.25) is 0 Å². The molecule has 0 fully saturated rings. The van der Waals surface area contributed by atoms with Crippen molar-refractivity contribution in [3.63, 3.8) is 0 Å². The van der Waals surface area contributed by atoms with Gasteiger partial charge in [-0.05, 0) is 13.0 Å². The molecule has 0 spiro atoms. The van der Waals surface area contributed by atoms with Crippen LogP contribution in [0, 0.1) is 17.0 Å². The summed E-state index contributed by atoms with van der Waals surface area (Å²) >= 11 is 0. The highest BCUT2D eigenvalue weighted by Crippen LogP contribution is 2.19. The number of hydrogen-bond donors (Lipinski definition) is 1. The van der Waals surface area contributed by atoms with Gasteiger partial charge in [-0.1, -0.05) is 0 Å². The van der Waals surface area contributed by atoms with Crippen molar-refractivity contribution in [2.75, 3.05) is 5.73 Å². The smallest absolute Gasteiger partial charge is 0.313 e. The Hall–Kier alpha value is -2.18. The van der Waals surface area contributed by atoms with E-state index in [1.165, 1.54) is 10.6 Å². The zero-order chi connectivity index (χ0) is 10.3. The predicted molar refractivity (Wildman–Crippen MR) is 48.8 cm³/mol. The van der Waals surface area contributed by atoms with Crippen LogP contribution in [0.5, 0.6) is 0 Å². The number of fused-ring (bicyclic) bond motifs is 1. The Morgan fingerprint density at radius 3 is 2.93 bits per heavy atom. The fraction of sp³-hybridized carbons (Fsp3) is 0.143. The number of hydrogen-bond acceptors (Lipinski definition) is 5. The van der Waals surface area contributed by atoms with Gasteiger partial charge in [-0.3, -0.25) is 10.1 Å². The van der Waals surface area contributed by atoms with Gasteiger partial charge in [-0.15, -0.1) is 5.10 Å². The predicted octanol–water partition coefficient (Wildman–Crippen LogP) is 0.528. The van der Waals surface area contributed by atoms with Crippen LogP contribution < -0.4 is 5.73 Å². The number of pyridine rings is 1. The molecule has 2 heterocycles. The quantitative estimate of drug-likeness (QED) is 0.526. The van der Waals surface area contributed by atoms with Crippen molar-refractivity contribution in [1.29, 1.82) is 0 Å². The summed E-state index contributed by atoms with van der Waals surface area (Å²) < 4.78 is 1.35. The minimum absolute atomic E-state index is 0.0300. The third kappa shape index (κ3) is 1.06. The Morgan fingerprint density at radius 1 is 1.57 bits per heavy atom. The van der Waals surface area contributed by atoms with Crippen LogP contribution in [0.25, 0.3) is 5.65 Å². The average Bonchev–Trinajstić information content (AvgIpc) is 2.47. The van der Waals surface area contributed by atoms with Crippen LogP contribution in [-0.4, -0.2) is 19.5 Å². The standard InChI is InChI=1S/C7H7N5O2/c1-4-2-3-5(12(13)14)6-9-7(8)10-11(4)6/h2-3H,1H3,(H2,8,10). The number of aryl methyl sites for hydroxylation is 1. The third-order valence-corrected chi connectivity index (χ3v) is 1.87. The summed E-state index contributed by atoms with van der Waals surface area (Å²) in [6.07, 6.45) is 0. The zero-order valence-electron chi connectivity index (χ0n) is 7.34. The molecule has 0 aliphatic rings. The molecule has 0 saturated carbocycles. The van der Waals surface area contributed by atoms with Crippen LogP contribution in [0.1, 0.15) is 5.69 Å². The molecule has 14 heavy (non-hydrogen) atoms. The molecule has 0 radical (unpaired) electrons. The van der Waals surface area contributed by atoms with E-state index >= 15 is 0 Å². The maximum Gasteiger partial charge on any atom is 0.313 e. The first-order valence-corrected chi connectivity index (χ1v) is 3.86. The molecule has 0 bridgehead atoms. The maximum absolute atomic E-state index is 10.6. The summed E-state index contributed by atoms with van der Waals surface area (Å²) in [7, 11) is 0. The summed E-state index contributed by atoms with van der Waals surface area (Å²) in [6.45, 7) is 1.77. The maximum atomic E-state index is 10.6. The second kappa shape index (κ2) is 2.66. The normalized spacial score (nSPS) is 10.6. The van der Waals surface area contributed by atoms with E-state index in [0.29, 0.717) is 0 Å². The largest absolute Gasteiger partial charge is 0.366 e. The molecule has 0 aromatic carbocycles. The van der Waals surface area contributed by atoms with Gasteiger partial charge in [0.2, 0.25) is 11.6 Å². The van der Waals surface area contributed by atoms with Crippen LogP contribution in [0.3, 0.4) is 0 Å². The summed E-state index contributed by atoms with van der Waals surface area (Å²) in [5.74, 6) is 0.0300. The number of rotatable bonds is 1. The first-order valence-electron chi connectivity index (χ1n) is 3.86. The minimum Gasteiger partial charge on any atom is -0.366 e. The fourth-order valence-electron chi connectivity index (χ4n) is 1.23.